The zero-order chi connectivity index (χ0) is 17.9. The predicted molar refractivity (Wildman–Crippen MR) is 86.1 cm³/mol. The molecule has 6 heteroatoms. The molecule has 1 N–H and O–H groups in total. The fourth-order valence-corrected chi connectivity index (χ4v) is 2.12. The van der Waals surface area contributed by atoms with Crippen molar-refractivity contribution in [2.45, 2.75) is 6.18 Å². The summed E-state index contributed by atoms with van der Waals surface area (Å²) in [4.78, 5) is 0. The maximum Gasteiger partial charge on any atom is 0.416 e. The number of phenolic OH excluding ortho intramolecular Hbond substituents is 1. The van der Waals surface area contributed by atoms with Crippen LogP contribution >= 0.6 is 0 Å². The van der Waals surface area contributed by atoms with Crippen LogP contribution in [0.3, 0.4) is 0 Å². The molecule has 3 aromatic rings. The van der Waals surface area contributed by atoms with Gasteiger partial charge in [-0.25, -0.2) is 0 Å². The minimum atomic E-state index is -4.38. The highest BCUT2D eigenvalue weighted by Gasteiger charge is 2.30. The standard InChI is InChI=1S/C19H13F3O3/c20-19(21,22)13-8-10-14(11-9-13)24-15-4-3-5-16(12-15)25-18-7-2-1-6-17(18)23/h1-12,23H. The summed E-state index contributed by atoms with van der Waals surface area (Å²) in [5.41, 5.74) is -0.739. The molecule has 0 saturated heterocycles. The van der Waals surface area contributed by atoms with Crippen molar-refractivity contribution < 1.29 is 27.8 Å². The zero-order valence-corrected chi connectivity index (χ0v) is 12.8. The number of hydrogen-bond acceptors (Lipinski definition) is 3. The molecule has 0 fully saturated rings. The maximum atomic E-state index is 12.6. The van der Waals surface area contributed by atoms with Crippen molar-refractivity contribution in [3.8, 4) is 28.7 Å². The quantitative estimate of drug-likeness (QED) is 0.630. The van der Waals surface area contributed by atoms with Crippen LogP contribution in [0.15, 0.2) is 72.8 Å². The van der Waals surface area contributed by atoms with Gasteiger partial charge in [0.2, 0.25) is 0 Å². The van der Waals surface area contributed by atoms with Crippen molar-refractivity contribution in [1.82, 2.24) is 0 Å². The summed E-state index contributed by atoms with van der Waals surface area (Å²) >= 11 is 0. The van der Waals surface area contributed by atoms with E-state index in [-0.39, 0.29) is 17.2 Å². The van der Waals surface area contributed by atoms with Crippen molar-refractivity contribution in [3.63, 3.8) is 0 Å². The molecular weight excluding hydrogens is 333 g/mol. The second kappa shape index (κ2) is 6.76. The predicted octanol–water partition coefficient (Wildman–Crippen LogP) is 6.00. The van der Waals surface area contributed by atoms with Crippen LogP contribution < -0.4 is 9.47 Å². The third kappa shape index (κ3) is 4.23. The molecule has 25 heavy (non-hydrogen) atoms. The smallest absolute Gasteiger partial charge is 0.416 e. The van der Waals surface area contributed by atoms with Gasteiger partial charge in [0.05, 0.1) is 5.56 Å². The average Bonchev–Trinajstić information content (AvgIpc) is 2.57. The largest absolute Gasteiger partial charge is 0.504 e. The van der Waals surface area contributed by atoms with Crippen molar-refractivity contribution in [3.05, 3.63) is 78.4 Å². The lowest BCUT2D eigenvalue weighted by Crippen LogP contribution is -2.03. The number of phenols is 1. The van der Waals surface area contributed by atoms with Crippen LogP contribution in [0.1, 0.15) is 5.56 Å². The molecule has 3 aromatic carbocycles. The summed E-state index contributed by atoms with van der Waals surface area (Å²) in [6, 6.07) is 17.5. The van der Waals surface area contributed by atoms with E-state index in [1.165, 1.54) is 18.2 Å². The molecule has 0 radical (unpaired) electrons. The fourth-order valence-electron chi connectivity index (χ4n) is 2.12. The molecule has 0 spiro atoms. The fraction of sp³-hybridized carbons (Fsp3) is 0.0526. The van der Waals surface area contributed by atoms with Gasteiger partial charge in [-0.05, 0) is 48.5 Å². The van der Waals surface area contributed by atoms with E-state index in [9.17, 15) is 18.3 Å². The molecule has 0 heterocycles. The number of para-hydroxylation sites is 2. The highest BCUT2D eigenvalue weighted by atomic mass is 19.4. The van der Waals surface area contributed by atoms with Crippen LogP contribution in [0, 0.1) is 0 Å². The Morgan fingerprint density at radius 3 is 1.96 bits per heavy atom. The zero-order valence-electron chi connectivity index (χ0n) is 12.8. The van der Waals surface area contributed by atoms with E-state index >= 15 is 0 Å². The van der Waals surface area contributed by atoms with E-state index in [1.807, 2.05) is 0 Å². The topological polar surface area (TPSA) is 38.7 Å². The molecule has 0 aliphatic carbocycles. The van der Waals surface area contributed by atoms with Gasteiger partial charge in [-0.1, -0.05) is 18.2 Å². The summed E-state index contributed by atoms with van der Waals surface area (Å²) in [5.74, 6) is 1.37. The number of hydrogen-bond donors (Lipinski definition) is 1. The molecule has 0 unspecified atom stereocenters. The Kier molecular flexibility index (Phi) is 4.52. The van der Waals surface area contributed by atoms with E-state index in [0.717, 1.165) is 12.1 Å². The van der Waals surface area contributed by atoms with Gasteiger partial charge >= 0.3 is 6.18 Å². The number of benzene rings is 3. The van der Waals surface area contributed by atoms with Crippen molar-refractivity contribution in [2.24, 2.45) is 0 Å². The van der Waals surface area contributed by atoms with Crippen LogP contribution in [0.25, 0.3) is 0 Å². The number of alkyl halides is 3. The monoisotopic (exact) mass is 346 g/mol. The van der Waals surface area contributed by atoms with Gasteiger partial charge in [-0.2, -0.15) is 13.2 Å². The van der Waals surface area contributed by atoms with E-state index < -0.39 is 11.7 Å². The molecule has 0 aromatic heterocycles. The first-order valence-electron chi connectivity index (χ1n) is 7.33. The normalized spacial score (nSPS) is 11.2. The highest BCUT2D eigenvalue weighted by Crippen LogP contribution is 2.34. The third-order valence-corrected chi connectivity index (χ3v) is 3.32. The average molecular weight is 346 g/mol. The minimum Gasteiger partial charge on any atom is -0.504 e. The highest BCUT2D eigenvalue weighted by molar-refractivity contribution is 5.44. The molecular formula is C19H13F3O3. The van der Waals surface area contributed by atoms with Crippen molar-refractivity contribution in [1.29, 1.82) is 0 Å². The van der Waals surface area contributed by atoms with Crippen molar-refractivity contribution in [2.75, 3.05) is 0 Å². The van der Waals surface area contributed by atoms with E-state index in [2.05, 4.69) is 0 Å². The van der Waals surface area contributed by atoms with Gasteiger partial charge in [0.1, 0.15) is 17.2 Å². The Bertz CT molecular complexity index is 858. The number of aromatic hydroxyl groups is 1. The Hall–Kier alpha value is -3.15. The molecule has 0 atom stereocenters. The van der Waals surface area contributed by atoms with Gasteiger partial charge in [-0.15, -0.1) is 0 Å². The Labute approximate surface area is 141 Å². The first-order valence-corrected chi connectivity index (χ1v) is 7.33. The molecule has 0 amide bonds. The van der Waals surface area contributed by atoms with Crippen LogP contribution in [0.4, 0.5) is 13.2 Å². The van der Waals surface area contributed by atoms with Crippen LogP contribution in [-0.2, 0) is 6.18 Å². The minimum absolute atomic E-state index is 0.00318. The summed E-state index contributed by atoms with van der Waals surface area (Å²) in [6.07, 6.45) is -4.38. The summed E-state index contributed by atoms with van der Waals surface area (Å²) in [7, 11) is 0. The second-order valence-electron chi connectivity index (χ2n) is 5.17. The number of rotatable bonds is 4. The Morgan fingerprint density at radius 2 is 1.32 bits per heavy atom. The summed E-state index contributed by atoms with van der Waals surface area (Å²) < 4.78 is 48.8. The SMILES string of the molecule is Oc1ccccc1Oc1cccc(Oc2ccc(C(F)(F)F)cc2)c1. The lowest BCUT2D eigenvalue weighted by molar-refractivity contribution is -0.137. The molecule has 128 valence electrons. The first-order chi connectivity index (χ1) is 11.9. The molecule has 0 aliphatic rings. The summed E-state index contributed by atoms with van der Waals surface area (Å²) in [6.45, 7) is 0. The van der Waals surface area contributed by atoms with E-state index in [1.54, 1.807) is 42.5 Å². The van der Waals surface area contributed by atoms with E-state index in [4.69, 9.17) is 9.47 Å². The molecule has 3 rings (SSSR count). The molecule has 0 aliphatic heterocycles. The van der Waals surface area contributed by atoms with Crippen LogP contribution in [0.5, 0.6) is 28.7 Å². The van der Waals surface area contributed by atoms with Gasteiger partial charge < -0.3 is 14.6 Å². The number of halogens is 3. The Morgan fingerprint density at radius 1 is 0.680 bits per heavy atom. The van der Waals surface area contributed by atoms with Gasteiger partial charge in [0.15, 0.2) is 11.5 Å². The summed E-state index contributed by atoms with van der Waals surface area (Å²) in [5, 5.41) is 9.72. The second-order valence-corrected chi connectivity index (χ2v) is 5.17. The van der Waals surface area contributed by atoms with Crippen LogP contribution in [0.2, 0.25) is 0 Å². The van der Waals surface area contributed by atoms with E-state index in [0.29, 0.717) is 11.5 Å². The molecule has 3 nitrogen and oxygen atoms in total. The van der Waals surface area contributed by atoms with Crippen molar-refractivity contribution >= 4 is 0 Å². The van der Waals surface area contributed by atoms with Gasteiger partial charge in [-0.3, -0.25) is 0 Å². The number of ether oxygens (including phenoxy) is 2. The lowest BCUT2D eigenvalue weighted by atomic mass is 10.2. The Balaban J connectivity index is 1.75. The molecule has 0 bridgehead atoms. The lowest BCUT2D eigenvalue weighted by Gasteiger charge is -2.11. The van der Waals surface area contributed by atoms with Gasteiger partial charge in [0.25, 0.3) is 0 Å². The van der Waals surface area contributed by atoms with Crippen LogP contribution in [-0.4, -0.2) is 5.11 Å². The van der Waals surface area contributed by atoms with Gasteiger partial charge in [0, 0.05) is 6.07 Å². The first kappa shape index (κ1) is 16.7. The third-order valence-electron chi connectivity index (χ3n) is 3.32. The maximum absolute atomic E-state index is 12.6. The molecule has 0 saturated carbocycles.